The van der Waals surface area contributed by atoms with Crippen molar-refractivity contribution in [3.05, 3.63) is 108 Å². The Morgan fingerprint density at radius 3 is 2.35 bits per heavy atom. The summed E-state index contributed by atoms with van der Waals surface area (Å²) in [6.45, 7) is 17.6. The first-order valence-electron chi connectivity index (χ1n) is 14.6. The number of nitrogens with zero attached hydrogens (tertiary/aromatic N) is 3. The van der Waals surface area contributed by atoms with Gasteiger partial charge in [-0.1, -0.05) is 62.5 Å². The molecule has 0 saturated carbocycles. The number of hydrazine groups is 1. The van der Waals surface area contributed by atoms with Gasteiger partial charge in [0.05, 0.1) is 19.2 Å². The molecule has 3 atom stereocenters. The Bertz CT molecular complexity index is 1400. The highest BCUT2D eigenvalue weighted by Gasteiger charge is 2.45. The topological polar surface area (TPSA) is 125 Å². The van der Waals surface area contributed by atoms with Crippen molar-refractivity contribution in [3.63, 3.8) is 0 Å². The Morgan fingerprint density at radius 1 is 1.05 bits per heavy atom. The summed E-state index contributed by atoms with van der Waals surface area (Å²) in [6.07, 6.45) is 5.14. The van der Waals surface area contributed by atoms with Crippen molar-refractivity contribution < 1.29 is 18.8 Å². The number of amides is 2. The highest BCUT2D eigenvalue weighted by Crippen LogP contribution is 2.37. The number of hydrogen-bond donors (Lipinski definition) is 3. The zero-order chi connectivity index (χ0) is 31.0. The molecule has 2 aromatic heterocycles. The monoisotopic (exact) mass is 586 g/mol. The van der Waals surface area contributed by atoms with Crippen molar-refractivity contribution in [1.29, 1.82) is 0 Å². The highest BCUT2D eigenvalue weighted by molar-refractivity contribution is 5.96. The van der Waals surface area contributed by atoms with Crippen LogP contribution >= 0.6 is 0 Å². The molecule has 1 aromatic carbocycles. The average molecular weight is 587 g/mol. The van der Waals surface area contributed by atoms with Gasteiger partial charge in [-0.2, -0.15) is 0 Å². The van der Waals surface area contributed by atoms with E-state index in [0.717, 1.165) is 23.1 Å². The van der Waals surface area contributed by atoms with Gasteiger partial charge in [0.1, 0.15) is 23.2 Å². The summed E-state index contributed by atoms with van der Waals surface area (Å²) < 4.78 is 10.8. The van der Waals surface area contributed by atoms with Crippen LogP contribution in [0, 0.1) is 12.8 Å². The minimum Gasteiger partial charge on any atom is -0.365 e. The predicted molar refractivity (Wildman–Crippen MR) is 164 cm³/mol. The molecule has 43 heavy (non-hydrogen) atoms. The van der Waals surface area contributed by atoms with Crippen LogP contribution in [0.4, 0.5) is 0 Å². The largest absolute Gasteiger partial charge is 0.365 e. The summed E-state index contributed by atoms with van der Waals surface area (Å²) in [5, 5.41) is 11.8. The number of carbonyl (C=O) groups is 2. The molecule has 1 aliphatic rings. The predicted octanol–water partition coefficient (Wildman–Crippen LogP) is 4.46. The van der Waals surface area contributed by atoms with Crippen LogP contribution in [0.3, 0.4) is 0 Å². The molecule has 0 radical (unpaired) electrons. The van der Waals surface area contributed by atoms with E-state index in [1.165, 1.54) is 6.07 Å². The van der Waals surface area contributed by atoms with Gasteiger partial charge in [0.25, 0.3) is 11.8 Å². The average Bonchev–Trinajstić information content (AvgIpc) is 3.59. The number of benzene rings is 1. The zero-order valence-electron chi connectivity index (χ0n) is 25.4. The van der Waals surface area contributed by atoms with Gasteiger partial charge < -0.3 is 19.9 Å². The third kappa shape index (κ3) is 9.02. The molecular formula is C33H42N6O4. The third-order valence-electron chi connectivity index (χ3n) is 7.43. The molecule has 10 nitrogen and oxygen atoms in total. The Labute approximate surface area is 253 Å². The Balaban J connectivity index is 1.54. The number of carbonyl (C=O) groups excluding carboxylic acids is 2. The molecule has 2 unspecified atom stereocenters. The number of ether oxygens (including phenoxy) is 1. The maximum atomic E-state index is 13.9. The second kappa shape index (κ2) is 14.2. The molecule has 228 valence electrons. The van der Waals surface area contributed by atoms with Gasteiger partial charge in [0.15, 0.2) is 5.69 Å². The molecule has 0 spiro atoms. The minimum absolute atomic E-state index is 0.112. The molecule has 2 amide bonds. The SMILES string of the molecule is C=C(NC(CC(C)C)C(=C)C1(C)CO1)N(Cc1ccncc1)NC(=O)[C@H](CCc1ccccc1)NC(=O)c1cc(C)on1. The first-order chi connectivity index (χ1) is 20.5. The lowest BCUT2D eigenvalue weighted by molar-refractivity contribution is -0.127. The van der Waals surface area contributed by atoms with Crippen LogP contribution in [0.15, 0.2) is 90.0 Å². The number of hydrogen-bond acceptors (Lipinski definition) is 8. The lowest BCUT2D eigenvalue weighted by atomic mass is 9.90. The zero-order valence-corrected chi connectivity index (χ0v) is 25.4. The minimum atomic E-state index is -0.863. The molecule has 1 aliphatic heterocycles. The third-order valence-corrected chi connectivity index (χ3v) is 7.43. The first-order valence-corrected chi connectivity index (χ1v) is 14.6. The Morgan fingerprint density at radius 2 is 1.74 bits per heavy atom. The van der Waals surface area contributed by atoms with Crippen molar-refractivity contribution in [2.45, 2.75) is 71.2 Å². The molecule has 4 rings (SSSR count). The summed E-state index contributed by atoms with van der Waals surface area (Å²) in [5.41, 5.74) is 5.65. The molecule has 0 aliphatic carbocycles. The Kier molecular flexibility index (Phi) is 10.4. The van der Waals surface area contributed by atoms with E-state index in [4.69, 9.17) is 9.26 Å². The quantitative estimate of drug-likeness (QED) is 0.128. The van der Waals surface area contributed by atoms with E-state index in [1.807, 2.05) is 49.4 Å². The van der Waals surface area contributed by atoms with Crippen LogP contribution in [0.25, 0.3) is 0 Å². The fourth-order valence-corrected chi connectivity index (χ4v) is 4.72. The summed E-state index contributed by atoms with van der Waals surface area (Å²) in [7, 11) is 0. The van der Waals surface area contributed by atoms with Crippen molar-refractivity contribution >= 4 is 11.8 Å². The van der Waals surface area contributed by atoms with E-state index >= 15 is 0 Å². The van der Waals surface area contributed by atoms with Crippen molar-refractivity contribution in [2.24, 2.45) is 5.92 Å². The number of pyridine rings is 1. The summed E-state index contributed by atoms with van der Waals surface area (Å²) >= 11 is 0. The van der Waals surface area contributed by atoms with Crippen LogP contribution in [0.1, 0.15) is 61.0 Å². The van der Waals surface area contributed by atoms with Gasteiger partial charge >= 0.3 is 0 Å². The summed E-state index contributed by atoms with van der Waals surface area (Å²) in [6, 6.07) is 14.1. The first kappa shape index (κ1) is 31.5. The van der Waals surface area contributed by atoms with E-state index in [9.17, 15) is 9.59 Å². The number of aromatic nitrogens is 2. The van der Waals surface area contributed by atoms with E-state index in [0.29, 0.717) is 43.5 Å². The van der Waals surface area contributed by atoms with Crippen LogP contribution in [0.5, 0.6) is 0 Å². The lowest BCUT2D eigenvalue weighted by Crippen LogP contribution is -2.54. The van der Waals surface area contributed by atoms with Gasteiger partial charge in [0.2, 0.25) is 0 Å². The van der Waals surface area contributed by atoms with Crippen LogP contribution in [-0.2, 0) is 22.5 Å². The second-order valence-electron chi connectivity index (χ2n) is 11.6. The molecule has 3 heterocycles. The maximum Gasteiger partial charge on any atom is 0.274 e. The highest BCUT2D eigenvalue weighted by atomic mass is 16.6. The van der Waals surface area contributed by atoms with Crippen molar-refractivity contribution in [3.8, 4) is 0 Å². The fourth-order valence-electron chi connectivity index (χ4n) is 4.72. The lowest BCUT2D eigenvalue weighted by Gasteiger charge is -2.34. The van der Waals surface area contributed by atoms with E-state index in [2.05, 4.69) is 53.2 Å². The number of aryl methyl sites for hydroxylation is 2. The van der Waals surface area contributed by atoms with Gasteiger partial charge in [-0.25, -0.2) is 0 Å². The standard InChI is InChI=1S/C33H42N6O4/c1-22(2)18-29(24(4)33(6)21-42-33)35-25(5)39(20-27-14-16-34-17-15-27)37-32(41)28(13-12-26-10-8-7-9-11-26)36-31(40)30-19-23(3)43-38-30/h7-11,14-17,19,22,28-29,35H,4-5,12-13,18,20-21H2,1-3,6H3,(H,36,40)(H,37,41)/t28-,29?,33?/m0/s1. The van der Waals surface area contributed by atoms with Crippen molar-refractivity contribution in [2.75, 3.05) is 6.61 Å². The van der Waals surface area contributed by atoms with Gasteiger partial charge in [-0.3, -0.25) is 25.0 Å². The van der Waals surface area contributed by atoms with Gasteiger partial charge in [0, 0.05) is 18.5 Å². The molecule has 0 bridgehead atoms. The van der Waals surface area contributed by atoms with Crippen molar-refractivity contribution in [1.82, 2.24) is 31.2 Å². The summed E-state index contributed by atoms with van der Waals surface area (Å²) in [5.74, 6) is 0.489. The molecule has 3 N–H and O–H groups in total. The van der Waals surface area contributed by atoms with Gasteiger partial charge in [-0.15, -0.1) is 0 Å². The normalized spacial score (nSPS) is 17.0. The van der Waals surface area contributed by atoms with E-state index < -0.39 is 17.9 Å². The molecule has 1 fully saturated rings. The number of epoxide rings is 1. The number of nitrogens with one attached hydrogen (secondary N) is 3. The Hall–Kier alpha value is -4.44. The molecular weight excluding hydrogens is 544 g/mol. The van der Waals surface area contributed by atoms with E-state index in [-0.39, 0.29) is 17.3 Å². The van der Waals surface area contributed by atoms with Gasteiger partial charge in [-0.05, 0) is 67.9 Å². The second-order valence-corrected chi connectivity index (χ2v) is 11.6. The smallest absolute Gasteiger partial charge is 0.274 e. The van der Waals surface area contributed by atoms with E-state index in [1.54, 1.807) is 24.3 Å². The molecule has 3 aromatic rings. The maximum absolute atomic E-state index is 13.9. The molecule has 10 heteroatoms. The van der Waals surface area contributed by atoms with Crippen LogP contribution in [-0.4, -0.2) is 51.3 Å². The summed E-state index contributed by atoms with van der Waals surface area (Å²) in [4.78, 5) is 31.0. The van der Waals surface area contributed by atoms with Crippen LogP contribution in [0.2, 0.25) is 0 Å². The molecule has 1 saturated heterocycles. The number of rotatable bonds is 16. The fraction of sp³-hybridized carbons (Fsp3) is 0.394. The van der Waals surface area contributed by atoms with Crippen LogP contribution < -0.4 is 16.1 Å².